The Kier molecular flexibility index (Phi) is 4.39. The van der Waals surface area contributed by atoms with E-state index >= 15 is 0 Å². The highest BCUT2D eigenvalue weighted by Gasteiger charge is 2.20. The first-order valence-corrected chi connectivity index (χ1v) is 7.41. The van der Waals surface area contributed by atoms with Gasteiger partial charge in [-0.2, -0.15) is 0 Å². The molecule has 3 rings (SSSR count). The van der Waals surface area contributed by atoms with E-state index in [9.17, 15) is 0 Å². The lowest BCUT2D eigenvalue weighted by Crippen LogP contribution is -2.31. The minimum Gasteiger partial charge on any atom is -0.486 e. The van der Waals surface area contributed by atoms with Crippen LogP contribution in [0.25, 0.3) is 0 Å². The highest BCUT2D eigenvalue weighted by molar-refractivity contribution is 5.41. The first-order valence-electron chi connectivity index (χ1n) is 7.41. The fourth-order valence-corrected chi connectivity index (χ4v) is 2.39. The van der Waals surface area contributed by atoms with Crippen molar-refractivity contribution in [1.29, 1.82) is 0 Å². The van der Waals surface area contributed by atoms with Gasteiger partial charge in [0.1, 0.15) is 24.4 Å². The fourth-order valence-electron chi connectivity index (χ4n) is 2.39. The predicted octanol–water partition coefficient (Wildman–Crippen LogP) is 1.89. The molecule has 0 radical (unpaired) electrons. The molecule has 1 aliphatic heterocycles. The number of anilines is 1. The second-order valence-electron chi connectivity index (χ2n) is 5.21. The van der Waals surface area contributed by atoms with Crippen LogP contribution in [0, 0.1) is 6.92 Å². The summed E-state index contributed by atoms with van der Waals surface area (Å²) in [6.45, 7) is 3.58. The molecule has 0 spiro atoms. The number of nitrogens with one attached hydrogen (secondary N) is 1. The van der Waals surface area contributed by atoms with E-state index in [1.165, 1.54) is 0 Å². The molecular weight excluding hydrogens is 280 g/mol. The lowest BCUT2D eigenvalue weighted by Gasteiger charge is -2.26. The largest absolute Gasteiger partial charge is 0.486 e. The van der Waals surface area contributed by atoms with Crippen molar-refractivity contribution in [3.8, 4) is 11.5 Å². The summed E-state index contributed by atoms with van der Waals surface area (Å²) < 4.78 is 11.6. The summed E-state index contributed by atoms with van der Waals surface area (Å²) in [6.07, 6.45) is 0.870. The van der Waals surface area contributed by atoms with Crippen LogP contribution >= 0.6 is 0 Å². The maximum Gasteiger partial charge on any atom is 0.161 e. The van der Waals surface area contributed by atoms with Crippen molar-refractivity contribution in [2.45, 2.75) is 26.0 Å². The van der Waals surface area contributed by atoms with Gasteiger partial charge < -0.3 is 20.5 Å². The van der Waals surface area contributed by atoms with Crippen LogP contribution in [0.4, 0.5) is 5.82 Å². The molecule has 3 N–H and O–H groups in total. The van der Waals surface area contributed by atoms with Gasteiger partial charge in [-0.15, -0.1) is 0 Å². The van der Waals surface area contributed by atoms with Crippen molar-refractivity contribution in [3.05, 3.63) is 41.9 Å². The number of aromatic nitrogens is 2. The normalized spacial score (nSPS) is 16.4. The molecular formula is C16H20N4O2. The van der Waals surface area contributed by atoms with Gasteiger partial charge in [0.25, 0.3) is 0 Å². The second kappa shape index (κ2) is 6.62. The topological polar surface area (TPSA) is 82.3 Å². The predicted molar refractivity (Wildman–Crippen MR) is 84.1 cm³/mol. The molecule has 6 heteroatoms. The van der Waals surface area contributed by atoms with E-state index in [0.717, 1.165) is 41.8 Å². The Morgan fingerprint density at radius 2 is 2.09 bits per heavy atom. The van der Waals surface area contributed by atoms with Crippen LogP contribution in [-0.4, -0.2) is 29.2 Å². The van der Waals surface area contributed by atoms with Gasteiger partial charge in [0.05, 0.1) is 5.69 Å². The summed E-state index contributed by atoms with van der Waals surface area (Å²) in [5.74, 6) is 3.13. The highest BCUT2D eigenvalue weighted by Crippen LogP contribution is 2.31. The second-order valence-corrected chi connectivity index (χ2v) is 5.21. The van der Waals surface area contributed by atoms with Crippen LogP contribution in [0.2, 0.25) is 0 Å². The third-order valence-electron chi connectivity index (χ3n) is 3.44. The van der Waals surface area contributed by atoms with Crippen molar-refractivity contribution >= 4 is 5.82 Å². The van der Waals surface area contributed by atoms with Crippen molar-refractivity contribution < 1.29 is 9.47 Å². The van der Waals surface area contributed by atoms with Gasteiger partial charge in [0, 0.05) is 25.6 Å². The molecule has 0 fully saturated rings. The molecule has 0 bridgehead atoms. The number of nitrogens with zero attached hydrogens (tertiary/aromatic N) is 2. The number of fused-ring (bicyclic) bond motifs is 1. The molecule has 116 valence electrons. The van der Waals surface area contributed by atoms with Crippen molar-refractivity contribution in [2.75, 3.05) is 18.5 Å². The summed E-state index contributed by atoms with van der Waals surface area (Å²) >= 11 is 0. The Balaban J connectivity index is 1.53. The number of aryl methyl sites for hydroxylation is 1. The Bertz CT molecular complexity index is 648. The number of nitrogens with two attached hydrogens (primary N) is 1. The molecule has 0 saturated heterocycles. The summed E-state index contributed by atoms with van der Waals surface area (Å²) in [4.78, 5) is 8.61. The number of ether oxygens (including phenoxy) is 2. The van der Waals surface area contributed by atoms with Gasteiger partial charge in [-0.05, 0) is 19.1 Å². The van der Waals surface area contributed by atoms with Crippen LogP contribution in [0.15, 0.2) is 30.3 Å². The van der Waals surface area contributed by atoms with Gasteiger partial charge in [-0.3, -0.25) is 0 Å². The van der Waals surface area contributed by atoms with Crippen LogP contribution in [0.3, 0.4) is 0 Å². The third kappa shape index (κ3) is 3.46. The molecule has 2 heterocycles. The molecule has 1 atom stereocenters. The van der Waals surface area contributed by atoms with Gasteiger partial charge in [0.2, 0.25) is 0 Å². The van der Waals surface area contributed by atoms with Crippen LogP contribution in [0.1, 0.15) is 17.9 Å². The summed E-state index contributed by atoms with van der Waals surface area (Å²) in [5.41, 5.74) is 6.46. The highest BCUT2D eigenvalue weighted by atomic mass is 16.6. The van der Waals surface area contributed by atoms with E-state index in [1.807, 2.05) is 37.3 Å². The zero-order valence-electron chi connectivity index (χ0n) is 12.6. The van der Waals surface area contributed by atoms with E-state index in [-0.39, 0.29) is 6.10 Å². The Hall–Kier alpha value is -2.34. The van der Waals surface area contributed by atoms with Crippen molar-refractivity contribution in [3.63, 3.8) is 0 Å². The summed E-state index contributed by atoms with van der Waals surface area (Å²) in [6, 6.07) is 9.61. The van der Waals surface area contributed by atoms with Crippen LogP contribution in [-0.2, 0) is 6.54 Å². The standard InChI is InChI=1S/C16H20N4O2/c1-11-19-12(9-17)8-16(20-11)18-7-6-13-10-21-14-4-2-3-5-15(14)22-13/h2-5,8,13H,6-7,9-10,17H2,1H3,(H,18,19,20). The van der Waals surface area contributed by atoms with E-state index in [1.54, 1.807) is 0 Å². The quantitative estimate of drug-likeness (QED) is 0.877. The average molecular weight is 300 g/mol. The first kappa shape index (κ1) is 14.6. The maximum atomic E-state index is 5.92. The summed E-state index contributed by atoms with van der Waals surface area (Å²) in [7, 11) is 0. The smallest absolute Gasteiger partial charge is 0.161 e. The van der Waals surface area contributed by atoms with Crippen molar-refractivity contribution in [2.24, 2.45) is 5.73 Å². The zero-order valence-corrected chi connectivity index (χ0v) is 12.6. The molecule has 1 aromatic carbocycles. The molecule has 22 heavy (non-hydrogen) atoms. The van der Waals surface area contributed by atoms with Gasteiger partial charge in [-0.1, -0.05) is 12.1 Å². The van der Waals surface area contributed by atoms with E-state index in [4.69, 9.17) is 15.2 Å². The van der Waals surface area contributed by atoms with Crippen molar-refractivity contribution in [1.82, 2.24) is 9.97 Å². The Morgan fingerprint density at radius 1 is 1.27 bits per heavy atom. The molecule has 2 aromatic rings. The minimum atomic E-state index is 0.0410. The number of para-hydroxylation sites is 2. The fraction of sp³-hybridized carbons (Fsp3) is 0.375. The molecule has 1 aliphatic rings. The third-order valence-corrected chi connectivity index (χ3v) is 3.44. The monoisotopic (exact) mass is 300 g/mol. The molecule has 1 aromatic heterocycles. The molecule has 0 saturated carbocycles. The zero-order chi connectivity index (χ0) is 15.4. The Labute approximate surface area is 129 Å². The van der Waals surface area contributed by atoms with Gasteiger partial charge >= 0.3 is 0 Å². The average Bonchev–Trinajstić information content (AvgIpc) is 2.54. The maximum absolute atomic E-state index is 5.92. The van der Waals surface area contributed by atoms with E-state index in [2.05, 4.69) is 15.3 Å². The molecule has 0 amide bonds. The molecule has 1 unspecified atom stereocenters. The SMILES string of the molecule is Cc1nc(CN)cc(NCCC2COc3ccccc3O2)n1. The number of hydrogen-bond donors (Lipinski definition) is 2. The minimum absolute atomic E-state index is 0.0410. The van der Waals surface area contributed by atoms with Gasteiger partial charge in [-0.25, -0.2) is 9.97 Å². The Morgan fingerprint density at radius 3 is 2.91 bits per heavy atom. The number of benzene rings is 1. The molecule has 6 nitrogen and oxygen atoms in total. The lowest BCUT2D eigenvalue weighted by atomic mass is 10.2. The molecule has 0 aliphatic carbocycles. The van der Waals surface area contributed by atoms with Crippen LogP contribution < -0.4 is 20.5 Å². The van der Waals surface area contributed by atoms with Gasteiger partial charge in [0.15, 0.2) is 11.5 Å². The van der Waals surface area contributed by atoms with Crippen LogP contribution in [0.5, 0.6) is 11.5 Å². The number of hydrogen-bond acceptors (Lipinski definition) is 6. The lowest BCUT2D eigenvalue weighted by molar-refractivity contribution is 0.0873. The van der Waals surface area contributed by atoms with E-state index in [0.29, 0.717) is 13.2 Å². The first-order chi connectivity index (χ1) is 10.7. The summed E-state index contributed by atoms with van der Waals surface area (Å²) in [5, 5.41) is 3.29. The number of rotatable bonds is 5. The van der Waals surface area contributed by atoms with E-state index < -0.39 is 0 Å².